The number of nitrogens with one attached hydrogen (secondary N) is 1. The van der Waals surface area contributed by atoms with Gasteiger partial charge >= 0.3 is 0 Å². The van der Waals surface area contributed by atoms with Gasteiger partial charge in [0.05, 0.1) is 12.6 Å². The van der Waals surface area contributed by atoms with Crippen LogP contribution in [0, 0.1) is 0 Å². The number of hydrogen-bond acceptors (Lipinski definition) is 4. The number of nitrogens with zero attached hydrogens (tertiary/aromatic N) is 2. The molecule has 1 aliphatic carbocycles. The van der Waals surface area contributed by atoms with Crippen LogP contribution in [-0.4, -0.2) is 64.8 Å². The molecule has 3 N–H and O–H groups in total. The van der Waals surface area contributed by atoms with E-state index in [1.165, 1.54) is 37.0 Å². The fourth-order valence-electron chi connectivity index (χ4n) is 2.91. The third-order valence-electron chi connectivity index (χ3n) is 4.46. The number of aromatic hydroxyl groups is 1. The van der Waals surface area contributed by atoms with E-state index in [4.69, 9.17) is 12.2 Å². The summed E-state index contributed by atoms with van der Waals surface area (Å²) in [6.45, 7) is 3.21. The zero-order chi connectivity index (χ0) is 20.2. The summed E-state index contributed by atoms with van der Waals surface area (Å²) in [5, 5.41) is 24.0. The quantitative estimate of drug-likeness (QED) is 0.508. The third-order valence-corrected chi connectivity index (χ3v) is 4.84. The number of benzene rings is 1. The van der Waals surface area contributed by atoms with Crippen molar-refractivity contribution in [3.8, 4) is 5.75 Å². The molecule has 0 radical (unpaired) electrons. The summed E-state index contributed by atoms with van der Waals surface area (Å²) < 4.78 is 0. The van der Waals surface area contributed by atoms with E-state index in [0.29, 0.717) is 23.3 Å². The Morgan fingerprint density at radius 2 is 1.96 bits per heavy atom. The van der Waals surface area contributed by atoms with Crippen LogP contribution < -0.4 is 5.32 Å². The Hall–Kier alpha value is -1.86. The van der Waals surface area contributed by atoms with Crippen LogP contribution in [0.15, 0.2) is 24.3 Å². The monoisotopic (exact) mass is 395 g/mol. The number of hydrogen-bond donors (Lipinski definition) is 3. The van der Waals surface area contributed by atoms with Crippen molar-refractivity contribution in [3.05, 3.63) is 29.8 Å². The third kappa shape index (κ3) is 9.06. The first-order chi connectivity index (χ1) is 12.9. The van der Waals surface area contributed by atoms with Gasteiger partial charge in [-0.05, 0) is 49.7 Å². The topological polar surface area (TPSA) is 76.0 Å². The Balaban J connectivity index is 0.000000646. The standard InChI is InChI=1S/C17H26N2O2S.C3H7NO/c1-2-19(17(22)18-14-8-4-3-5-9-14)12-16(21)13-7-6-10-15(20)11-13;1-4(2)3-5/h6-7,10-11,14,16,20-21H,2-5,8-9,12H2,1H3,(H,18,22);3H,1-2H3. The van der Waals surface area contributed by atoms with Gasteiger partial charge in [-0.1, -0.05) is 31.4 Å². The van der Waals surface area contributed by atoms with Gasteiger partial charge < -0.3 is 25.3 Å². The molecule has 1 aliphatic rings. The molecule has 0 saturated heterocycles. The van der Waals surface area contributed by atoms with Gasteiger partial charge in [0.15, 0.2) is 5.11 Å². The average Bonchev–Trinajstić information content (AvgIpc) is 2.67. The number of likely N-dealkylation sites (N-methyl/N-ethyl adjacent to an activating group) is 1. The normalized spacial score (nSPS) is 15.1. The molecule has 1 fully saturated rings. The Kier molecular flexibility index (Phi) is 10.7. The van der Waals surface area contributed by atoms with Gasteiger partial charge in [0.1, 0.15) is 5.75 Å². The highest BCUT2D eigenvalue weighted by molar-refractivity contribution is 7.80. The lowest BCUT2D eigenvalue weighted by Crippen LogP contribution is -2.46. The molecular weight excluding hydrogens is 362 g/mol. The van der Waals surface area contributed by atoms with E-state index < -0.39 is 6.10 Å². The molecule has 1 unspecified atom stereocenters. The van der Waals surface area contributed by atoms with Crippen molar-refractivity contribution in [2.24, 2.45) is 0 Å². The highest BCUT2D eigenvalue weighted by Crippen LogP contribution is 2.20. The molecule has 152 valence electrons. The lowest BCUT2D eigenvalue weighted by Gasteiger charge is -2.31. The van der Waals surface area contributed by atoms with Crippen molar-refractivity contribution in [1.82, 2.24) is 15.1 Å². The summed E-state index contributed by atoms with van der Waals surface area (Å²) in [7, 11) is 3.38. The fourth-order valence-corrected chi connectivity index (χ4v) is 3.28. The second kappa shape index (κ2) is 12.5. The molecule has 0 spiro atoms. The molecule has 1 saturated carbocycles. The van der Waals surface area contributed by atoms with E-state index in [1.54, 1.807) is 32.3 Å². The molecule has 7 heteroatoms. The minimum absolute atomic E-state index is 0.169. The number of carbonyl (C=O) groups is 1. The Morgan fingerprint density at radius 1 is 1.33 bits per heavy atom. The number of thiocarbonyl (C=S) groups is 1. The lowest BCUT2D eigenvalue weighted by molar-refractivity contribution is -0.115. The first kappa shape index (κ1) is 23.2. The van der Waals surface area contributed by atoms with Crippen LogP contribution >= 0.6 is 12.2 Å². The second-order valence-electron chi connectivity index (χ2n) is 7.00. The van der Waals surface area contributed by atoms with Gasteiger partial charge in [0.2, 0.25) is 6.41 Å². The number of amides is 1. The van der Waals surface area contributed by atoms with Crippen molar-refractivity contribution >= 4 is 23.7 Å². The van der Waals surface area contributed by atoms with Crippen molar-refractivity contribution in [1.29, 1.82) is 0 Å². The first-order valence-electron chi connectivity index (χ1n) is 9.51. The molecule has 0 aliphatic heterocycles. The maximum atomic E-state index is 10.4. The van der Waals surface area contributed by atoms with Crippen LogP contribution in [-0.2, 0) is 4.79 Å². The van der Waals surface area contributed by atoms with Gasteiger partial charge in [-0.3, -0.25) is 4.79 Å². The van der Waals surface area contributed by atoms with Crippen LogP contribution in [0.1, 0.15) is 50.7 Å². The number of phenolic OH excluding ortho intramolecular Hbond substituents is 1. The van der Waals surface area contributed by atoms with Gasteiger partial charge in [-0.15, -0.1) is 0 Å². The van der Waals surface area contributed by atoms with E-state index >= 15 is 0 Å². The van der Waals surface area contributed by atoms with Crippen molar-refractivity contribution in [2.45, 2.75) is 51.2 Å². The molecule has 6 nitrogen and oxygen atoms in total. The Bertz CT molecular complexity index is 577. The van der Waals surface area contributed by atoms with Crippen LogP contribution in [0.3, 0.4) is 0 Å². The minimum Gasteiger partial charge on any atom is -0.508 e. The average molecular weight is 396 g/mol. The zero-order valence-corrected chi connectivity index (χ0v) is 17.4. The summed E-state index contributed by atoms with van der Waals surface area (Å²) in [5.74, 6) is 0.169. The summed E-state index contributed by atoms with van der Waals surface area (Å²) >= 11 is 5.50. The summed E-state index contributed by atoms with van der Waals surface area (Å²) in [6, 6.07) is 7.21. The van der Waals surface area contributed by atoms with Crippen molar-refractivity contribution in [2.75, 3.05) is 27.2 Å². The Morgan fingerprint density at radius 3 is 2.48 bits per heavy atom. The molecule has 0 bridgehead atoms. The molecule has 1 aromatic rings. The summed E-state index contributed by atoms with van der Waals surface area (Å²) in [4.78, 5) is 12.9. The predicted molar refractivity (Wildman–Crippen MR) is 113 cm³/mol. The molecule has 27 heavy (non-hydrogen) atoms. The summed E-state index contributed by atoms with van der Waals surface area (Å²) in [5.41, 5.74) is 0.707. The second-order valence-corrected chi connectivity index (χ2v) is 7.39. The fraction of sp³-hybridized carbons (Fsp3) is 0.600. The van der Waals surface area contributed by atoms with Gasteiger partial charge in [-0.2, -0.15) is 0 Å². The highest BCUT2D eigenvalue weighted by atomic mass is 32.1. The van der Waals surface area contributed by atoms with Crippen molar-refractivity contribution < 1.29 is 15.0 Å². The number of phenols is 1. The molecule has 0 aromatic heterocycles. The maximum absolute atomic E-state index is 10.4. The SMILES string of the molecule is CCN(CC(O)c1cccc(O)c1)C(=S)NC1CCCCC1.CN(C)C=O. The molecule has 0 heterocycles. The predicted octanol–water partition coefficient (Wildman–Crippen LogP) is 2.66. The van der Waals surface area contributed by atoms with Crippen molar-refractivity contribution in [3.63, 3.8) is 0 Å². The van der Waals surface area contributed by atoms with E-state index in [0.717, 1.165) is 13.0 Å². The molecular formula is C20H33N3O3S. The van der Waals surface area contributed by atoms with Crippen LogP contribution in [0.2, 0.25) is 0 Å². The molecule has 1 aromatic carbocycles. The maximum Gasteiger partial charge on any atom is 0.209 e. The first-order valence-corrected chi connectivity index (χ1v) is 9.92. The minimum atomic E-state index is -0.668. The van der Waals surface area contributed by atoms with E-state index in [2.05, 4.69) is 5.32 Å². The number of aliphatic hydroxyl groups is 1. The number of rotatable bonds is 6. The van der Waals surface area contributed by atoms with Crippen LogP contribution in [0.25, 0.3) is 0 Å². The molecule has 1 amide bonds. The van der Waals surface area contributed by atoms with E-state index in [1.807, 2.05) is 17.9 Å². The largest absolute Gasteiger partial charge is 0.508 e. The van der Waals surface area contributed by atoms with E-state index in [9.17, 15) is 15.0 Å². The Labute approximate surface area is 168 Å². The van der Waals surface area contributed by atoms with Crippen LogP contribution in [0.5, 0.6) is 5.75 Å². The zero-order valence-electron chi connectivity index (χ0n) is 16.6. The van der Waals surface area contributed by atoms with Gasteiger partial charge in [-0.25, -0.2) is 0 Å². The number of carbonyl (C=O) groups excluding carboxylic acids is 1. The molecule has 1 atom stereocenters. The van der Waals surface area contributed by atoms with Gasteiger partial charge in [0.25, 0.3) is 0 Å². The van der Waals surface area contributed by atoms with Crippen LogP contribution in [0.4, 0.5) is 0 Å². The number of aliphatic hydroxyl groups excluding tert-OH is 1. The highest BCUT2D eigenvalue weighted by Gasteiger charge is 2.19. The lowest BCUT2D eigenvalue weighted by atomic mass is 9.96. The van der Waals surface area contributed by atoms with Gasteiger partial charge in [0, 0.05) is 26.7 Å². The smallest absolute Gasteiger partial charge is 0.209 e. The summed E-state index contributed by atoms with van der Waals surface area (Å²) in [6.07, 6.45) is 6.27. The molecule has 2 rings (SSSR count). The van der Waals surface area contributed by atoms with E-state index in [-0.39, 0.29) is 5.75 Å².